The Morgan fingerprint density at radius 1 is 1.33 bits per heavy atom. The minimum Gasteiger partial charge on any atom is -0.618 e. The van der Waals surface area contributed by atoms with Crippen molar-refractivity contribution in [2.45, 2.75) is 13.5 Å². The lowest BCUT2D eigenvalue weighted by molar-refractivity contribution is -0.608. The number of aryl methyl sites for hydroxylation is 1. The maximum absolute atomic E-state index is 11.7. The molecule has 0 N–H and O–H groups in total. The van der Waals surface area contributed by atoms with Crippen molar-refractivity contribution < 1.29 is 28.2 Å². The Balaban J connectivity index is 2.05. The highest BCUT2D eigenvalue weighted by Gasteiger charge is 2.19. The molecule has 110 valence electrons. The van der Waals surface area contributed by atoms with Crippen molar-refractivity contribution in [1.82, 2.24) is 0 Å². The number of methoxy groups -OCH3 is 1. The summed E-state index contributed by atoms with van der Waals surface area (Å²) in [5.41, 5.74) is 0.135. The maximum atomic E-state index is 11.7. The van der Waals surface area contributed by atoms with Gasteiger partial charge < -0.3 is 19.1 Å². The number of hydrogen-bond acceptors (Lipinski definition) is 6. The minimum atomic E-state index is -0.778. The lowest BCUT2D eigenvalue weighted by atomic mass is 10.2. The molecule has 2 aromatic rings. The summed E-state index contributed by atoms with van der Waals surface area (Å²) in [5.74, 6) is -0.658. The number of hydrogen-bond donors (Lipinski definition) is 0. The summed E-state index contributed by atoms with van der Waals surface area (Å²) < 4.78 is 15.3. The average Bonchev–Trinajstić information content (AvgIpc) is 2.85. The van der Waals surface area contributed by atoms with Crippen LogP contribution in [-0.4, -0.2) is 19.0 Å². The first-order valence-corrected chi connectivity index (χ1v) is 6.06. The first kappa shape index (κ1) is 14.6. The molecule has 0 aromatic carbocycles. The molecular formula is C14H13NO6. The van der Waals surface area contributed by atoms with Gasteiger partial charge in [-0.3, -0.25) is 0 Å². The molecule has 0 saturated heterocycles. The van der Waals surface area contributed by atoms with Gasteiger partial charge in [0.25, 0.3) is 0 Å². The van der Waals surface area contributed by atoms with Gasteiger partial charge in [-0.2, -0.15) is 4.73 Å². The molecule has 0 radical (unpaired) electrons. The first-order valence-electron chi connectivity index (χ1n) is 6.06. The number of carbonyl (C=O) groups is 2. The Morgan fingerprint density at radius 2 is 2.10 bits per heavy atom. The Labute approximate surface area is 120 Å². The summed E-state index contributed by atoms with van der Waals surface area (Å²) >= 11 is 0. The second kappa shape index (κ2) is 6.08. The maximum Gasteiger partial charge on any atom is 0.405 e. The van der Waals surface area contributed by atoms with Crippen LogP contribution >= 0.6 is 0 Å². The van der Waals surface area contributed by atoms with Gasteiger partial charge >= 0.3 is 17.6 Å². The van der Waals surface area contributed by atoms with Crippen molar-refractivity contribution in [2.24, 2.45) is 0 Å². The van der Waals surface area contributed by atoms with Gasteiger partial charge in [-0.05, 0) is 19.1 Å². The van der Waals surface area contributed by atoms with Crippen molar-refractivity contribution in [2.75, 3.05) is 7.11 Å². The van der Waals surface area contributed by atoms with Crippen LogP contribution in [0.1, 0.15) is 32.4 Å². The van der Waals surface area contributed by atoms with Gasteiger partial charge in [0.2, 0.25) is 0 Å². The van der Waals surface area contributed by atoms with E-state index in [1.165, 1.54) is 31.5 Å². The molecule has 2 heterocycles. The molecule has 0 spiro atoms. The molecule has 0 saturated carbocycles. The van der Waals surface area contributed by atoms with Gasteiger partial charge in [-0.25, -0.2) is 9.59 Å². The highest BCUT2D eigenvalue weighted by atomic mass is 16.5. The van der Waals surface area contributed by atoms with Gasteiger partial charge in [0.05, 0.1) is 7.11 Å². The SMILES string of the molecule is COC(=O)c1cc(COC(=O)c2cccc[n+]2[O-])oc1C. The number of ether oxygens (including phenoxy) is 2. The molecule has 7 nitrogen and oxygen atoms in total. The van der Waals surface area contributed by atoms with E-state index in [-0.39, 0.29) is 23.6 Å². The van der Waals surface area contributed by atoms with Crippen LogP contribution in [0.5, 0.6) is 0 Å². The smallest absolute Gasteiger partial charge is 0.405 e. The van der Waals surface area contributed by atoms with Gasteiger partial charge in [0.1, 0.15) is 23.7 Å². The standard InChI is InChI=1S/C14H13NO6/c1-9-11(13(16)19-2)7-10(21-9)8-20-14(17)12-5-3-4-6-15(12)18/h3-7H,8H2,1-2H3. The Kier molecular flexibility index (Phi) is 4.22. The average molecular weight is 291 g/mol. The zero-order valence-corrected chi connectivity index (χ0v) is 11.5. The summed E-state index contributed by atoms with van der Waals surface area (Å²) in [6.07, 6.45) is 1.20. The molecule has 0 aliphatic rings. The van der Waals surface area contributed by atoms with Crippen molar-refractivity contribution in [3.63, 3.8) is 0 Å². The monoisotopic (exact) mass is 291 g/mol. The van der Waals surface area contributed by atoms with E-state index in [1.54, 1.807) is 13.0 Å². The molecule has 2 rings (SSSR count). The van der Waals surface area contributed by atoms with Crippen LogP contribution in [0, 0.1) is 12.1 Å². The second-order valence-corrected chi connectivity index (χ2v) is 4.16. The molecule has 0 fully saturated rings. The van der Waals surface area contributed by atoms with E-state index in [2.05, 4.69) is 4.74 Å². The molecule has 7 heteroatoms. The zero-order chi connectivity index (χ0) is 15.4. The normalized spacial score (nSPS) is 10.2. The van der Waals surface area contributed by atoms with Crippen LogP contribution in [0.4, 0.5) is 0 Å². The number of aromatic nitrogens is 1. The fourth-order valence-corrected chi connectivity index (χ4v) is 1.72. The zero-order valence-electron chi connectivity index (χ0n) is 11.5. The largest absolute Gasteiger partial charge is 0.618 e. The van der Waals surface area contributed by atoms with Crippen molar-refractivity contribution in [3.05, 3.63) is 58.4 Å². The van der Waals surface area contributed by atoms with Crippen molar-refractivity contribution in [1.29, 1.82) is 0 Å². The summed E-state index contributed by atoms with van der Waals surface area (Å²) in [5, 5.41) is 11.4. The third-order valence-corrected chi connectivity index (χ3v) is 2.75. The summed E-state index contributed by atoms with van der Waals surface area (Å²) in [4.78, 5) is 23.2. The molecule has 2 aromatic heterocycles. The Morgan fingerprint density at radius 3 is 2.76 bits per heavy atom. The number of furan rings is 1. The van der Waals surface area contributed by atoms with Gasteiger partial charge in [0.15, 0.2) is 6.20 Å². The van der Waals surface area contributed by atoms with Crippen LogP contribution in [0.2, 0.25) is 0 Å². The lowest BCUT2D eigenvalue weighted by Gasteiger charge is -2.03. The molecule has 21 heavy (non-hydrogen) atoms. The second-order valence-electron chi connectivity index (χ2n) is 4.16. The van der Waals surface area contributed by atoms with Crippen LogP contribution in [0.25, 0.3) is 0 Å². The molecule has 0 aliphatic heterocycles. The molecular weight excluding hydrogens is 278 g/mol. The van der Waals surface area contributed by atoms with Gasteiger partial charge in [-0.1, -0.05) is 0 Å². The van der Waals surface area contributed by atoms with Crippen LogP contribution in [0.15, 0.2) is 34.9 Å². The predicted octanol–water partition coefficient (Wildman–Crippen LogP) is 1.37. The van der Waals surface area contributed by atoms with E-state index < -0.39 is 11.9 Å². The molecule has 0 unspecified atom stereocenters. The van der Waals surface area contributed by atoms with Gasteiger partial charge in [-0.15, -0.1) is 0 Å². The fourth-order valence-electron chi connectivity index (χ4n) is 1.72. The minimum absolute atomic E-state index is 0.131. The third-order valence-electron chi connectivity index (χ3n) is 2.75. The predicted molar refractivity (Wildman–Crippen MR) is 69.3 cm³/mol. The third kappa shape index (κ3) is 3.19. The van der Waals surface area contributed by atoms with E-state index in [0.717, 1.165) is 0 Å². The van der Waals surface area contributed by atoms with Crippen LogP contribution < -0.4 is 4.73 Å². The summed E-state index contributed by atoms with van der Waals surface area (Å²) in [7, 11) is 1.26. The van der Waals surface area contributed by atoms with Gasteiger partial charge in [0, 0.05) is 12.1 Å². The van der Waals surface area contributed by atoms with E-state index in [0.29, 0.717) is 10.5 Å². The Bertz CT molecular complexity index is 676. The van der Waals surface area contributed by atoms with E-state index in [9.17, 15) is 14.8 Å². The number of rotatable bonds is 4. The number of esters is 2. The quantitative estimate of drug-likeness (QED) is 0.480. The van der Waals surface area contributed by atoms with Crippen LogP contribution in [0.3, 0.4) is 0 Å². The summed E-state index contributed by atoms with van der Waals surface area (Å²) in [6, 6.07) is 5.84. The first-order chi connectivity index (χ1) is 10.0. The van der Waals surface area contributed by atoms with Crippen LogP contribution in [-0.2, 0) is 16.1 Å². The van der Waals surface area contributed by atoms with Crippen molar-refractivity contribution in [3.8, 4) is 0 Å². The van der Waals surface area contributed by atoms with Crippen molar-refractivity contribution >= 4 is 11.9 Å². The topological polar surface area (TPSA) is 92.7 Å². The molecule has 0 aliphatic carbocycles. The lowest BCUT2D eigenvalue weighted by Crippen LogP contribution is -2.34. The summed E-state index contributed by atoms with van der Waals surface area (Å²) in [6.45, 7) is 1.41. The highest BCUT2D eigenvalue weighted by Crippen LogP contribution is 2.16. The number of pyridine rings is 1. The van der Waals surface area contributed by atoms with E-state index in [4.69, 9.17) is 9.15 Å². The highest BCUT2D eigenvalue weighted by molar-refractivity contribution is 5.90. The Hall–Kier alpha value is -2.83. The molecule has 0 atom stereocenters. The fraction of sp³-hybridized carbons (Fsp3) is 0.214. The number of nitrogens with zero attached hydrogens (tertiary/aromatic N) is 1. The molecule has 0 bridgehead atoms. The number of carbonyl (C=O) groups excluding carboxylic acids is 2. The van der Waals surface area contributed by atoms with E-state index in [1.807, 2.05) is 0 Å². The van der Waals surface area contributed by atoms with E-state index >= 15 is 0 Å². The molecule has 0 amide bonds.